The normalized spacial score (nSPS) is 12.8. The number of nitrogens with one attached hydrogen (secondary N) is 1. The van der Waals surface area contributed by atoms with E-state index in [1.165, 1.54) is 0 Å². The Hall–Kier alpha value is -0.350. The molecule has 2 nitrogen and oxygen atoms in total. The van der Waals surface area contributed by atoms with E-state index < -0.39 is 0 Å². The Balaban J connectivity index is 2.66. The predicted molar refractivity (Wildman–Crippen MR) is 58.8 cm³/mol. The van der Waals surface area contributed by atoms with Crippen LogP contribution in [0.3, 0.4) is 0 Å². The van der Waals surface area contributed by atoms with Crippen LogP contribution >= 0.6 is 22.9 Å². The molecule has 0 aromatic carbocycles. The summed E-state index contributed by atoms with van der Waals surface area (Å²) >= 11 is 7.61. The van der Waals surface area contributed by atoms with Gasteiger partial charge in [0.15, 0.2) is 0 Å². The van der Waals surface area contributed by atoms with E-state index in [1.807, 2.05) is 17.5 Å². The molecule has 0 aliphatic rings. The molecule has 1 heterocycles. The van der Waals surface area contributed by atoms with Gasteiger partial charge in [0.1, 0.15) is 0 Å². The Bertz CT molecular complexity index is 272. The van der Waals surface area contributed by atoms with Crippen LogP contribution < -0.4 is 11.3 Å². The van der Waals surface area contributed by atoms with E-state index in [9.17, 15) is 0 Å². The van der Waals surface area contributed by atoms with Gasteiger partial charge in [-0.2, -0.15) is 0 Å². The monoisotopic (exact) mass is 216 g/mol. The van der Waals surface area contributed by atoms with Crippen LogP contribution in [-0.2, 0) is 0 Å². The van der Waals surface area contributed by atoms with Crippen molar-refractivity contribution in [3.8, 4) is 0 Å². The summed E-state index contributed by atoms with van der Waals surface area (Å²) in [7, 11) is 0. The third-order valence-corrected chi connectivity index (χ3v) is 3.29. The number of allylic oxidation sites excluding steroid dienone is 1. The predicted octanol–water partition coefficient (Wildman–Crippen LogP) is 2.87. The molecular weight excluding hydrogens is 204 g/mol. The first kappa shape index (κ1) is 10.7. The molecule has 0 saturated heterocycles. The first-order valence-electron chi connectivity index (χ1n) is 4.09. The summed E-state index contributed by atoms with van der Waals surface area (Å²) in [6.07, 6.45) is 3.75. The Kier molecular flexibility index (Phi) is 4.45. The van der Waals surface area contributed by atoms with Crippen molar-refractivity contribution in [2.75, 3.05) is 0 Å². The topological polar surface area (TPSA) is 38.0 Å². The quantitative estimate of drug-likeness (QED) is 0.451. The second-order valence-corrected chi connectivity index (χ2v) is 4.07. The van der Waals surface area contributed by atoms with Crippen molar-refractivity contribution < 1.29 is 0 Å². The molecule has 0 spiro atoms. The van der Waals surface area contributed by atoms with E-state index in [-0.39, 0.29) is 6.04 Å². The maximum atomic E-state index is 5.98. The van der Waals surface area contributed by atoms with Gasteiger partial charge in [-0.15, -0.1) is 17.9 Å². The average Bonchev–Trinajstić information content (AvgIpc) is 2.54. The van der Waals surface area contributed by atoms with Gasteiger partial charge in [0, 0.05) is 4.88 Å². The molecule has 1 aromatic rings. The van der Waals surface area contributed by atoms with Crippen molar-refractivity contribution in [1.29, 1.82) is 0 Å². The van der Waals surface area contributed by atoms with E-state index in [2.05, 4.69) is 12.0 Å². The van der Waals surface area contributed by atoms with Crippen molar-refractivity contribution in [3.63, 3.8) is 0 Å². The molecule has 3 N–H and O–H groups in total. The smallest absolute Gasteiger partial charge is 0.0571 e. The van der Waals surface area contributed by atoms with Gasteiger partial charge in [0.05, 0.1) is 11.1 Å². The van der Waals surface area contributed by atoms with Gasteiger partial charge in [-0.25, -0.2) is 0 Å². The number of rotatable bonds is 5. The number of hydrazine groups is 1. The molecule has 1 aromatic heterocycles. The zero-order valence-electron chi connectivity index (χ0n) is 7.29. The Morgan fingerprint density at radius 1 is 1.77 bits per heavy atom. The molecule has 0 amide bonds. The highest BCUT2D eigenvalue weighted by Crippen LogP contribution is 2.30. The highest BCUT2D eigenvalue weighted by atomic mass is 35.5. The van der Waals surface area contributed by atoms with Gasteiger partial charge in [0.25, 0.3) is 0 Å². The van der Waals surface area contributed by atoms with E-state index in [4.69, 9.17) is 17.4 Å². The SMILES string of the molecule is C=CCCC(NN)c1sccc1Cl. The number of hydrogen-bond donors (Lipinski definition) is 2. The van der Waals surface area contributed by atoms with Gasteiger partial charge in [-0.1, -0.05) is 17.7 Å². The molecule has 1 rings (SSSR count). The highest BCUT2D eigenvalue weighted by molar-refractivity contribution is 7.10. The van der Waals surface area contributed by atoms with Crippen LogP contribution in [0.5, 0.6) is 0 Å². The van der Waals surface area contributed by atoms with E-state index in [1.54, 1.807) is 11.3 Å². The average molecular weight is 217 g/mol. The summed E-state index contributed by atoms with van der Waals surface area (Å²) in [6, 6.07) is 2.03. The lowest BCUT2D eigenvalue weighted by atomic mass is 10.1. The lowest BCUT2D eigenvalue weighted by molar-refractivity contribution is 0.529. The maximum Gasteiger partial charge on any atom is 0.0571 e. The van der Waals surface area contributed by atoms with Crippen LogP contribution in [0.4, 0.5) is 0 Å². The van der Waals surface area contributed by atoms with Crippen molar-refractivity contribution in [1.82, 2.24) is 5.43 Å². The molecule has 1 atom stereocenters. The molecule has 72 valence electrons. The lowest BCUT2D eigenvalue weighted by Crippen LogP contribution is -2.27. The maximum absolute atomic E-state index is 5.98. The standard InChI is InChI=1S/C9H13ClN2S/c1-2-3-4-8(12-11)9-7(10)5-6-13-9/h2,5-6,8,12H,1,3-4,11H2. The molecule has 0 aliphatic carbocycles. The Morgan fingerprint density at radius 2 is 2.54 bits per heavy atom. The van der Waals surface area contributed by atoms with Gasteiger partial charge in [0.2, 0.25) is 0 Å². The van der Waals surface area contributed by atoms with Crippen LogP contribution in [-0.4, -0.2) is 0 Å². The van der Waals surface area contributed by atoms with Crippen LogP contribution in [0.2, 0.25) is 5.02 Å². The third-order valence-electron chi connectivity index (χ3n) is 1.82. The molecule has 0 saturated carbocycles. The van der Waals surface area contributed by atoms with Gasteiger partial charge >= 0.3 is 0 Å². The van der Waals surface area contributed by atoms with Crippen LogP contribution in [0, 0.1) is 0 Å². The van der Waals surface area contributed by atoms with E-state index in [0.29, 0.717) is 0 Å². The number of thiophene rings is 1. The second kappa shape index (κ2) is 5.40. The summed E-state index contributed by atoms with van der Waals surface area (Å²) in [5.74, 6) is 5.44. The first-order chi connectivity index (χ1) is 6.29. The largest absolute Gasteiger partial charge is 0.271 e. The summed E-state index contributed by atoms with van der Waals surface area (Å²) in [5.41, 5.74) is 2.76. The van der Waals surface area contributed by atoms with E-state index in [0.717, 1.165) is 22.7 Å². The fourth-order valence-corrected chi connectivity index (χ4v) is 2.41. The fraction of sp³-hybridized carbons (Fsp3) is 0.333. The van der Waals surface area contributed by atoms with Crippen molar-refractivity contribution in [2.45, 2.75) is 18.9 Å². The minimum Gasteiger partial charge on any atom is -0.271 e. The molecule has 0 aliphatic heterocycles. The molecule has 0 bridgehead atoms. The fourth-order valence-electron chi connectivity index (χ4n) is 1.13. The molecule has 0 fully saturated rings. The highest BCUT2D eigenvalue weighted by Gasteiger charge is 2.13. The molecule has 4 heteroatoms. The second-order valence-electron chi connectivity index (χ2n) is 2.72. The summed E-state index contributed by atoms with van der Waals surface area (Å²) in [5, 5.41) is 2.76. The van der Waals surface area contributed by atoms with Crippen molar-refractivity contribution >= 4 is 22.9 Å². The lowest BCUT2D eigenvalue weighted by Gasteiger charge is -2.13. The van der Waals surface area contributed by atoms with Crippen LogP contribution in [0.15, 0.2) is 24.1 Å². The first-order valence-corrected chi connectivity index (χ1v) is 5.35. The Labute approximate surface area is 87.4 Å². The molecule has 1 unspecified atom stereocenters. The zero-order valence-corrected chi connectivity index (χ0v) is 8.87. The Morgan fingerprint density at radius 3 is 3.00 bits per heavy atom. The van der Waals surface area contributed by atoms with E-state index >= 15 is 0 Å². The van der Waals surface area contributed by atoms with Crippen LogP contribution in [0.25, 0.3) is 0 Å². The third kappa shape index (κ3) is 2.81. The molecule has 13 heavy (non-hydrogen) atoms. The number of halogens is 1. The number of hydrogen-bond acceptors (Lipinski definition) is 3. The number of nitrogens with two attached hydrogens (primary N) is 1. The van der Waals surface area contributed by atoms with Crippen molar-refractivity contribution in [2.24, 2.45) is 5.84 Å². The zero-order chi connectivity index (χ0) is 9.68. The minimum atomic E-state index is 0.144. The summed E-state index contributed by atoms with van der Waals surface area (Å²) in [4.78, 5) is 1.10. The summed E-state index contributed by atoms with van der Waals surface area (Å²) in [6.45, 7) is 3.67. The molecule has 0 radical (unpaired) electrons. The minimum absolute atomic E-state index is 0.144. The van der Waals surface area contributed by atoms with Gasteiger partial charge < -0.3 is 0 Å². The summed E-state index contributed by atoms with van der Waals surface area (Å²) < 4.78 is 0. The van der Waals surface area contributed by atoms with Crippen molar-refractivity contribution in [3.05, 3.63) is 34.0 Å². The van der Waals surface area contributed by atoms with Crippen LogP contribution in [0.1, 0.15) is 23.8 Å². The van der Waals surface area contributed by atoms with Gasteiger partial charge in [-0.3, -0.25) is 11.3 Å². The van der Waals surface area contributed by atoms with Gasteiger partial charge in [-0.05, 0) is 24.3 Å². The molecular formula is C9H13ClN2S.